The first kappa shape index (κ1) is 20.3. The third-order valence-corrected chi connectivity index (χ3v) is 5.14. The van der Waals surface area contributed by atoms with E-state index in [2.05, 4.69) is 32.6 Å². The normalized spacial score (nSPS) is 14.6. The summed E-state index contributed by atoms with van der Waals surface area (Å²) in [4.78, 5) is 16.7. The predicted molar refractivity (Wildman–Crippen MR) is 113 cm³/mol. The Morgan fingerprint density at radius 1 is 1.00 bits per heavy atom. The quantitative estimate of drug-likeness (QED) is 0.747. The van der Waals surface area contributed by atoms with E-state index in [0.29, 0.717) is 18.1 Å². The summed E-state index contributed by atoms with van der Waals surface area (Å²) in [6, 6.07) is 15.5. The Morgan fingerprint density at radius 2 is 1.68 bits per heavy atom. The maximum atomic E-state index is 11.9. The molecule has 0 spiro atoms. The van der Waals surface area contributed by atoms with Crippen LogP contribution < -0.4 is 20.3 Å². The summed E-state index contributed by atoms with van der Waals surface area (Å²) in [5.74, 6) is 0.878. The number of anilines is 1. The number of halogens is 1. The smallest absolute Gasteiger partial charge is 0.315 e. The molecule has 3 rings (SSSR count). The highest BCUT2D eigenvalue weighted by atomic mass is 35.5. The van der Waals surface area contributed by atoms with Crippen molar-refractivity contribution in [3.8, 4) is 5.75 Å². The lowest BCUT2D eigenvalue weighted by Gasteiger charge is -2.36. The van der Waals surface area contributed by atoms with Gasteiger partial charge in [0.05, 0.1) is 7.11 Å². The number of hydrogen-bond acceptors (Lipinski definition) is 4. The van der Waals surface area contributed by atoms with Gasteiger partial charge in [-0.15, -0.1) is 0 Å². The van der Waals surface area contributed by atoms with Crippen LogP contribution in [0.2, 0.25) is 5.02 Å². The van der Waals surface area contributed by atoms with Crippen molar-refractivity contribution in [2.75, 3.05) is 51.3 Å². The SMILES string of the molecule is COc1ccc(N2CCN(CCNC(=O)NCc3ccc(Cl)cc3)CC2)cc1. The molecule has 150 valence electrons. The van der Waals surface area contributed by atoms with E-state index in [4.69, 9.17) is 16.3 Å². The minimum atomic E-state index is -0.146. The minimum absolute atomic E-state index is 0.146. The molecule has 0 bridgehead atoms. The fraction of sp³-hybridized carbons (Fsp3) is 0.381. The molecule has 1 saturated heterocycles. The Labute approximate surface area is 171 Å². The van der Waals surface area contributed by atoms with Crippen molar-refractivity contribution in [1.29, 1.82) is 0 Å². The van der Waals surface area contributed by atoms with Gasteiger partial charge in [0.25, 0.3) is 0 Å². The van der Waals surface area contributed by atoms with Crippen LogP contribution in [0.3, 0.4) is 0 Å². The maximum Gasteiger partial charge on any atom is 0.315 e. The summed E-state index contributed by atoms with van der Waals surface area (Å²) in [5.41, 5.74) is 2.24. The Bertz CT molecular complexity index is 744. The summed E-state index contributed by atoms with van der Waals surface area (Å²) in [5, 5.41) is 6.48. The van der Waals surface area contributed by atoms with Gasteiger partial charge in [-0.25, -0.2) is 4.79 Å². The van der Waals surface area contributed by atoms with Gasteiger partial charge in [-0.2, -0.15) is 0 Å². The first-order valence-electron chi connectivity index (χ1n) is 9.51. The molecule has 28 heavy (non-hydrogen) atoms. The van der Waals surface area contributed by atoms with E-state index >= 15 is 0 Å². The van der Waals surface area contributed by atoms with Crippen LogP contribution in [0.25, 0.3) is 0 Å². The van der Waals surface area contributed by atoms with Crippen molar-refractivity contribution in [2.24, 2.45) is 0 Å². The molecular formula is C21H27ClN4O2. The second kappa shape index (κ2) is 10.2. The van der Waals surface area contributed by atoms with E-state index in [0.717, 1.165) is 44.0 Å². The average molecular weight is 403 g/mol. The topological polar surface area (TPSA) is 56.8 Å². The van der Waals surface area contributed by atoms with Crippen LogP contribution in [0.4, 0.5) is 10.5 Å². The number of hydrogen-bond donors (Lipinski definition) is 2. The van der Waals surface area contributed by atoms with Crippen molar-refractivity contribution in [3.63, 3.8) is 0 Å². The summed E-state index contributed by atoms with van der Waals surface area (Å²) >= 11 is 5.86. The maximum absolute atomic E-state index is 11.9. The number of methoxy groups -OCH3 is 1. The van der Waals surface area contributed by atoms with Crippen LogP contribution in [0.15, 0.2) is 48.5 Å². The van der Waals surface area contributed by atoms with Gasteiger partial charge in [0.15, 0.2) is 0 Å². The lowest BCUT2D eigenvalue weighted by atomic mass is 10.2. The van der Waals surface area contributed by atoms with Crippen LogP contribution in [0.5, 0.6) is 5.75 Å². The van der Waals surface area contributed by atoms with Crippen molar-refractivity contribution in [1.82, 2.24) is 15.5 Å². The summed E-state index contributed by atoms with van der Waals surface area (Å²) in [6.45, 7) is 5.91. The van der Waals surface area contributed by atoms with Crippen LogP contribution in [-0.2, 0) is 6.54 Å². The number of benzene rings is 2. The van der Waals surface area contributed by atoms with Gasteiger partial charge in [0.2, 0.25) is 0 Å². The van der Waals surface area contributed by atoms with E-state index in [1.54, 1.807) is 7.11 Å². The molecule has 0 unspecified atom stereocenters. The predicted octanol–water partition coefficient (Wildman–Crippen LogP) is 2.97. The van der Waals surface area contributed by atoms with Crippen LogP contribution in [0.1, 0.15) is 5.56 Å². The van der Waals surface area contributed by atoms with Gasteiger partial charge in [-0.05, 0) is 42.0 Å². The molecule has 1 aliphatic heterocycles. The highest BCUT2D eigenvalue weighted by Crippen LogP contribution is 2.20. The van der Waals surface area contributed by atoms with E-state index in [1.807, 2.05) is 36.4 Å². The number of urea groups is 1. The number of nitrogens with zero attached hydrogens (tertiary/aromatic N) is 2. The largest absolute Gasteiger partial charge is 0.497 e. The van der Waals surface area contributed by atoms with Gasteiger partial charge in [0.1, 0.15) is 5.75 Å². The number of amides is 2. The molecule has 2 amide bonds. The molecule has 2 aromatic rings. The lowest BCUT2D eigenvalue weighted by molar-refractivity contribution is 0.231. The van der Waals surface area contributed by atoms with Crippen molar-refractivity contribution < 1.29 is 9.53 Å². The van der Waals surface area contributed by atoms with Gasteiger partial charge >= 0.3 is 6.03 Å². The molecular weight excluding hydrogens is 376 g/mol. The summed E-state index contributed by atoms with van der Waals surface area (Å²) in [7, 11) is 1.68. The molecule has 6 nitrogen and oxygen atoms in total. The molecule has 2 aromatic carbocycles. The average Bonchev–Trinajstić information content (AvgIpc) is 2.74. The molecule has 1 aliphatic rings. The molecule has 0 aliphatic carbocycles. The zero-order valence-corrected chi connectivity index (χ0v) is 16.9. The number of carbonyl (C=O) groups excluding carboxylic acids is 1. The molecule has 7 heteroatoms. The van der Waals surface area contributed by atoms with E-state index in [1.165, 1.54) is 5.69 Å². The number of nitrogens with one attached hydrogen (secondary N) is 2. The first-order valence-corrected chi connectivity index (χ1v) is 9.89. The molecule has 0 radical (unpaired) electrons. The lowest BCUT2D eigenvalue weighted by Crippen LogP contribution is -2.49. The van der Waals surface area contributed by atoms with Gasteiger partial charge < -0.3 is 20.3 Å². The zero-order valence-electron chi connectivity index (χ0n) is 16.2. The second-order valence-electron chi connectivity index (χ2n) is 6.76. The van der Waals surface area contributed by atoms with E-state index in [-0.39, 0.29) is 6.03 Å². The van der Waals surface area contributed by atoms with Crippen molar-refractivity contribution in [2.45, 2.75) is 6.54 Å². The van der Waals surface area contributed by atoms with Crippen molar-refractivity contribution in [3.05, 3.63) is 59.1 Å². The molecule has 0 aromatic heterocycles. The van der Waals surface area contributed by atoms with Gasteiger partial charge in [0, 0.05) is 56.5 Å². The van der Waals surface area contributed by atoms with Gasteiger partial charge in [-0.1, -0.05) is 23.7 Å². The number of rotatable bonds is 7. The van der Waals surface area contributed by atoms with Crippen LogP contribution in [0, 0.1) is 0 Å². The molecule has 0 atom stereocenters. The van der Waals surface area contributed by atoms with Crippen LogP contribution in [-0.4, -0.2) is 57.3 Å². The molecule has 2 N–H and O–H groups in total. The zero-order chi connectivity index (χ0) is 19.8. The second-order valence-corrected chi connectivity index (χ2v) is 7.20. The fourth-order valence-corrected chi connectivity index (χ4v) is 3.32. The molecule has 1 fully saturated rings. The van der Waals surface area contributed by atoms with E-state index in [9.17, 15) is 4.79 Å². The fourth-order valence-electron chi connectivity index (χ4n) is 3.20. The number of carbonyl (C=O) groups is 1. The summed E-state index contributed by atoms with van der Waals surface area (Å²) < 4.78 is 5.21. The third-order valence-electron chi connectivity index (χ3n) is 4.89. The highest BCUT2D eigenvalue weighted by Gasteiger charge is 2.17. The third kappa shape index (κ3) is 6.04. The Morgan fingerprint density at radius 3 is 2.32 bits per heavy atom. The highest BCUT2D eigenvalue weighted by molar-refractivity contribution is 6.30. The first-order chi connectivity index (χ1) is 13.6. The Hall–Kier alpha value is -2.44. The number of piperazine rings is 1. The monoisotopic (exact) mass is 402 g/mol. The Balaban J connectivity index is 1.31. The Kier molecular flexibility index (Phi) is 7.39. The minimum Gasteiger partial charge on any atom is -0.497 e. The molecule has 1 heterocycles. The van der Waals surface area contributed by atoms with Crippen LogP contribution >= 0.6 is 11.6 Å². The molecule has 0 saturated carbocycles. The van der Waals surface area contributed by atoms with Crippen molar-refractivity contribution >= 4 is 23.3 Å². The van der Waals surface area contributed by atoms with Gasteiger partial charge in [-0.3, -0.25) is 4.90 Å². The van der Waals surface area contributed by atoms with E-state index < -0.39 is 0 Å². The number of ether oxygens (including phenoxy) is 1. The summed E-state index contributed by atoms with van der Waals surface area (Å²) in [6.07, 6.45) is 0. The standard InChI is InChI=1S/C21H27ClN4O2/c1-28-20-8-6-19(7-9-20)26-14-12-25(13-15-26)11-10-23-21(27)24-16-17-2-4-18(22)5-3-17/h2-9H,10-16H2,1H3,(H2,23,24,27).